The van der Waals surface area contributed by atoms with Crippen LogP contribution in [0.3, 0.4) is 0 Å². The molecular weight excluding hydrogens is 426 g/mol. The van der Waals surface area contributed by atoms with E-state index in [2.05, 4.69) is 20.8 Å². The lowest BCUT2D eigenvalue weighted by molar-refractivity contribution is -0.115. The number of hydrogen-bond donors (Lipinski definition) is 2. The quantitative estimate of drug-likeness (QED) is 0.485. The van der Waals surface area contributed by atoms with Crippen LogP contribution >= 0.6 is 34.7 Å². The van der Waals surface area contributed by atoms with Gasteiger partial charge in [0.05, 0.1) is 5.25 Å². The first-order valence-corrected chi connectivity index (χ1v) is 10.2. The van der Waals surface area contributed by atoms with Crippen molar-refractivity contribution in [3.05, 3.63) is 58.6 Å². The first kappa shape index (κ1) is 20.5. The second kappa shape index (κ2) is 8.85. The number of carbonyl (C=O) groups is 1. The van der Waals surface area contributed by atoms with Crippen LogP contribution < -0.4 is 10.6 Å². The zero-order chi connectivity index (χ0) is 20.3. The van der Waals surface area contributed by atoms with Crippen LogP contribution in [0.4, 0.5) is 25.3 Å². The third-order valence-electron chi connectivity index (χ3n) is 3.77. The third-order valence-corrected chi connectivity index (χ3v) is 6.21. The monoisotopic (exact) mass is 440 g/mol. The highest BCUT2D eigenvalue weighted by molar-refractivity contribution is 8.02. The highest BCUT2D eigenvalue weighted by Gasteiger charge is 2.20. The summed E-state index contributed by atoms with van der Waals surface area (Å²) >= 11 is 8.51. The normalized spacial score (nSPS) is 11.9. The van der Waals surface area contributed by atoms with E-state index in [1.165, 1.54) is 17.4 Å². The Balaban J connectivity index is 1.64. The minimum atomic E-state index is -0.829. The van der Waals surface area contributed by atoms with Crippen LogP contribution in [0.2, 0.25) is 5.02 Å². The Morgan fingerprint density at radius 3 is 2.57 bits per heavy atom. The molecule has 0 spiro atoms. The Kier molecular flexibility index (Phi) is 6.48. The first-order chi connectivity index (χ1) is 13.3. The van der Waals surface area contributed by atoms with Crippen molar-refractivity contribution < 1.29 is 13.6 Å². The molecule has 0 saturated heterocycles. The summed E-state index contributed by atoms with van der Waals surface area (Å²) in [4.78, 5) is 12.3. The maximum atomic E-state index is 13.7. The van der Waals surface area contributed by atoms with Crippen molar-refractivity contribution in [2.24, 2.45) is 0 Å². The van der Waals surface area contributed by atoms with E-state index in [-0.39, 0.29) is 0 Å². The maximum Gasteiger partial charge on any atom is 0.237 e. The number of hydrogen-bond acceptors (Lipinski definition) is 6. The minimum absolute atomic E-state index is 0.462. The number of halogens is 3. The van der Waals surface area contributed by atoms with Gasteiger partial charge in [0.1, 0.15) is 17.3 Å². The summed E-state index contributed by atoms with van der Waals surface area (Å²) in [6.45, 7) is 3.50. The Hall–Kier alpha value is -2.23. The molecule has 0 aliphatic heterocycles. The van der Waals surface area contributed by atoms with Crippen molar-refractivity contribution >= 4 is 57.1 Å². The molecule has 1 aromatic heterocycles. The predicted octanol–water partition coefficient (Wildman–Crippen LogP) is 5.64. The van der Waals surface area contributed by atoms with Crippen LogP contribution in [-0.2, 0) is 4.79 Å². The van der Waals surface area contributed by atoms with E-state index in [1.807, 2.05) is 19.1 Å². The molecule has 10 heteroatoms. The van der Waals surface area contributed by atoms with Crippen LogP contribution in [-0.4, -0.2) is 21.4 Å². The number of thioether (sulfide) groups is 1. The highest BCUT2D eigenvalue weighted by atomic mass is 35.5. The van der Waals surface area contributed by atoms with Gasteiger partial charge >= 0.3 is 0 Å². The van der Waals surface area contributed by atoms with Gasteiger partial charge in [-0.25, -0.2) is 8.78 Å². The largest absolute Gasteiger partial charge is 0.330 e. The van der Waals surface area contributed by atoms with Crippen LogP contribution in [0.1, 0.15) is 12.5 Å². The molecule has 146 valence electrons. The van der Waals surface area contributed by atoms with Gasteiger partial charge in [0.2, 0.25) is 11.0 Å². The molecule has 1 atom stereocenters. The van der Waals surface area contributed by atoms with E-state index in [9.17, 15) is 13.6 Å². The standard InChI is InChI=1S/C18H15ClF2N4OS2/c1-9-11(19)5-3-8-14(9)22-17-24-25-18(28-17)27-10(2)16(26)23-15-12(20)6-4-7-13(15)21/h3-8,10H,1-2H3,(H,22,24)(H,23,26). The lowest BCUT2D eigenvalue weighted by atomic mass is 10.2. The smallest absolute Gasteiger partial charge is 0.237 e. The molecule has 0 radical (unpaired) electrons. The molecule has 0 aliphatic carbocycles. The molecule has 0 aliphatic rings. The van der Waals surface area contributed by atoms with Crippen molar-refractivity contribution in [3.8, 4) is 0 Å². The predicted molar refractivity (Wildman–Crippen MR) is 110 cm³/mol. The van der Waals surface area contributed by atoms with Gasteiger partial charge in [0.25, 0.3) is 0 Å². The zero-order valence-electron chi connectivity index (χ0n) is 14.8. The number of nitrogens with one attached hydrogen (secondary N) is 2. The zero-order valence-corrected chi connectivity index (χ0v) is 17.2. The molecule has 2 N–H and O–H groups in total. The van der Waals surface area contributed by atoms with Gasteiger partial charge in [0.15, 0.2) is 4.34 Å². The van der Waals surface area contributed by atoms with E-state index in [4.69, 9.17) is 11.6 Å². The molecule has 3 aromatic rings. The minimum Gasteiger partial charge on any atom is -0.330 e. The number of rotatable bonds is 6. The summed E-state index contributed by atoms with van der Waals surface area (Å²) in [6, 6.07) is 8.88. The van der Waals surface area contributed by atoms with Crippen molar-refractivity contribution in [2.75, 3.05) is 10.6 Å². The van der Waals surface area contributed by atoms with Crippen LogP contribution in [0.5, 0.6) is 0 Å². The average molecular weight is 441 g/mol. The molecule has 28 heavy (non-hydrogen) atoms. The topological polar surface area (TPSA) is 66.9 Å². The molecule has 3 rings (SSSR count). The first-order valence-electron chi connectivity index (χ1n) is 8.12. The summed E-state index contributed by atoms with van der Waals surface area (Å²) in [5.74, 6) is -2.20. The van der Waals surface area contributed by atoms with Crippen molar-refractivity contribution in [1.29, 1.82) is 0 Å². The fraction of sp³-hybridized carbons (Fsp3) is 0.167. The fourth-order valence-electron chi connectivity index (χ4n) is 2.21. The van der Waals surface area contributed by atoms with E-state index in [0.717, 1.165) is 35.1 Å². The number of amides is 1. The van der Waals surface area contributed by atoms with E-state index in [1.54, 1.807) is 13.0 Å². The number of nitrogens with zero attached hydrogens (tertiary/aromatic N) is 2. The van der Waals surface area contributed by atoms with Crippen LogP contribution in [0, 0.1) is 18.6 Å². The lowest BCUT2D eigenvalue weighted by Crippen LogP contribution is -2.23. The van der Waals surface area contributed by atoms with Gasteiger partial charge in [-0.1, -0.05) is 46.8 Å². The van der Waals surface area contributed by atoms with E-state index >= 15 is 0 Å². The lowest BCUT2D eigenvalue weighted by Gasteiger charge is -2.11. The van der Waals surface area contributed by atoms with Crippen LogP contribution in [0.25, 0.3) is 0 Å². The second-order valence-corrected chi connectivity index (χ2v) is 8.73. The van der Waals surface area contributed by atoms with Gasteiger partial charge in [-0.05, 0) is 43.7 Å². The molecule has 0 bridgehead atoms. The summed E-state index contributed by atoms with van der Waals surface area (Å²) in [7, 11) is 0. The number of para-hydroxylation sites is 1. The molecule has 0 saturated carbocycles. The number of benzene rings is 2. The average Bonchev–Trinajstić information content (AvgIpc) is 3.09. The maximum absolute atomic E-state index is 13.7. The Labute approximate surface area is 173 Å². The second-order valence-electron chi connectivity index (χ2n) is 5.76. The van der Waals surface area contributed by atoms with E-state index in [0.29, 0.717) is 14.5 Å². The van der Waals surface area contributed by atoms with Gasteiger partial charge < -0.3 is 10.6 Å². The van der Waals surface area contributed by atoms with Crippen LogP contribution in [0.15, 0.2) is 40.7 Å². The molecule has 5 nitrogen and oxygen atoms in total. The van der Waals surface area contributed by atoms with Crippen molar-refractivity contribution in [3.63, 3.8) is 0 Å². The Morgan fingerprint density at radius 2 is 1.86 bits per heavy atom. The molecule has 2 aromatic carbocycles. The summed E-state index contributed by atoms with van der Waals surface area (Å²) in [6.07, 6.45) is 0. The molecular formula is C18H15ClF2N4OS2. The number of aromatic nitrogens is 2. The Bertz CT molecular complexity index is 995. The van der Waals surface area contributed by atoms with Crippen molar-refractivity contribution in [2.45, 2.75) is 23.4 Å². The van der Waals surface area contributed by atoms with E-state index < -0.39 is 28.5 Å². The molecule has 1 amide bonds. The number of carbonyl (C=O) groups excluding carboxylic acids is 1. The summed E-state index contributed by atoms with van der Waals surface area (Å²) < 4.78 is 27.9. The van der Waals surface area contributed by atoms with Gasteiger partial charge in [-0.15, -0.1) is 10.2 Å². The summed E-state index contributed by atoms with van der Waals surface area (Å²) in [5, 5.41) is 14.0. The van der Waals surface area contributed by atoms with Gasteiger partial charge in [-0.3, -0.25) is 4.79 Å². The third kappa shape index (κ3) is 4.78. The van der Waals surface area contributed by atoms with Gasteiger partial charge in [-0.2, -0.15) is 0 Å². The summed E-state index contributed by atoms with van der Waals surface area (Å²) in [5.41, 5.74) is 1.23. The van der Waals surface area contributed by atoms with Gasteiger partial charge in [0, 0.05) is 10.7 Å². The molecule has 0 fully saturated rings. The Morgan fingerprint density at radius 1 is 1.18 bits per heavy atom. The van der Waals surface area contributed by atoms with Crippen molar-refractivity contribution in [1.82, 2.24) is 10.2 Å². The highest BCUT2D eigenvalue weighted by Crippen LogP contribution is 2.33. The fourth-order valence-corrected chi connectivity index (χ4v) is 4.30. The molecule has 1 unspecified atom stereocenters. The SMILES string of the molecule is Cc1c(Cl)cccc1Nc1nnc(SC(C)C(=O)Nc2c(F)cccc2F)s1. The number of anilines is 3. The molecule has 1 heterocycles.